The van der Waals surface area contributed by atoms with Crippen molar-refractivity contribution >= 4 is 11.8 Å². The molecule has 0 amide bonds. The van der Waals surface area contributed by atoms with Crippen LogP contribution in [0.3, 0.4) is 0 Å². The molecule has 2 heterocycles. The zero-order valence-electron chi connectivity index (χ0n) is 8.68. The summed E-state index contributed by atoms with van der Waals surface area (Å²) >= 11 is 0. The number of likely N-dealkylation sites (N-methyl/N-ethyl adjacent to an activating group) is 1. The first-order chi connectivity index (χ1) is 7.18. The molecule has 82 valence electrons. The molecule has 0 atom stereocenters. The summed E-state index contributed by atoms with van der Waals surface area (Å²) in [5.41, 5.74) is 0.913. The average molecular weight is 210 g/mol. The van der Waals surface area contributed by atoms with E-state index in [1.165, 1.54) is 0 Å². The minimum absolute atomic E-state index is 0.190. The van der Waals surface area contributed by atoms with Gasteiger partial charge in [-0.15, -0.1) is 5.10 Å². The van der Waals surface area contributed by atoms with E-state index in [4.69, 9.17) is 5.11 Å². The van der Waals surface area contributed by atoms with Crippen LogP contribution >= 0.6 is 0 Å². The fraction of sp³-hybridized carbons (Fsp3) is 0.667. The van der Waals surface area contributed by atoms with Crippen LogP contribution in [0.5, 0.6) is 0 Å². The van der Waals surface area contributed by atoms with Crippen LogP contribution in [0, 0.1) is 0 Å². The van der Waals surface area contributed by atoms with Gasteiger partial charge in [0.25, 0.3) is 0 Å². The fourth-order valence-electron chi connectivity index (χ4n) is 1.83. The summed E-state index contributed by atoms with van der Waals surface area (Å²) in [6.07, 6.45) is 1.50. The first kappa shape index (κ1) is 9.95. The molecule has 0 fully saturated rings. The third-order valence-corrected chi connectivity index (χ3v) is 2.59. The number of carboxylic acids is 1. The number of anilines is 1. The molecule has 0 radical (unpaired) electrons. The number of aliphatic carboxylic acids is 1. The van der Waals surface area contributed by atoms with Crippen molar-refractivity contribution in [3.05, 3.63) is 5.69 Å². The van der Waals surface area contributed by atoms with Gasteiger partial charge in [-0.1, -0.05) is 5.21 Å². The van der Waals surface area contributed by atoms with Crippen molar-refractivity contribution in [2.45, 2.75) is 25.8 Å². The number of carbonyl (C=O) groups is 1. The van der Waals surface area contributed by atoms with Gasteiger partial charge in [0, 0.05) is 20.0 Å². The predicted octanol–water partition coefficient (Wildman–Crippen LogP) is 0.135. The van der Waals surface area contributed by atoms with Gasteiger partial charge in [0.2, 0.25) is 0 Å². The van der Waals surface area contributed by atoms with Crippen LogP contribution in [0.1, 0.15) is 18.5 Å². The van der Waals surface area contributed by atoms with Crippen molar-refractivity contribution in [1.82, 2.24) is 15.0 Å². The Hall–Kier alpha value is -1.59. The van der Waals surface area contributed by atoms with E-state index < -0.39 is 5.97 Å². The van der Waals surface area contributed by atoms with Gasteiger partial charge in [-0.3, -0.25) is 4.79 Å². The zero-order valence-corrected chi connectivity index (χ0v) is 8.68. The van der Waals surface area contributed by atoms with Crippen molar-refractivity contribution in [3.8, 4) is 0 Å². The molecule has 1 aromatic heterocycles. The number of rotatable bonds is 4. The SMILES string of the molecule is CN1CCn2nnc(CCCC(=O)O)c21. The Kier molecular flexibility index (Phi) is 2.57. The summed E-state index contributed by atoms with van der Waals surface area (Å²) in [7, 11) is 2.00. The van der Waals surface area contributed by atoms with E-state index in [-0.39, 0.29) is 6.42 Å². The largest absolute Gasteiger partial charge is 0.481 e. The lowest BCUT2D eigenvalue weighted by Gasteiger charge is -2.09. The predicted molar refractivity (Wildman–Crippen MR) is 53.9 cm³/mol. The molecule has 1 aromatic rings. The first-order valence-corrected chi connectivity index (χ1v) is 5.04. The Morgan fingerprint density at radius 1 is 1.53 bits per heavy atom. The Balaban J connectivity index is 2.00. The molecule has 0 saturated heterocycles. The van der Waals surface area contributed by atoms with Gasteiger partial charge in [-0.05, 0) is 12.8 Å². The third kappa shape index (κ3) is 1.93. The number of fused-ring (bicyclic) bond motifs is 1. The maximum absolute atomic E-state index is 10.4. The van der Waals surface area contributed by atoms with Gasteiger partial charge in [0.1, 0.15) is 5.69 Å². The second-order valence-electron chi connectivity index (χ2n) is 3.75. The molecular weight excluding hydrogens is 196 g/mol. The molecule has 0 saturated carbocycles. The van der Waals surface area contributed by atoms with Gasteiger partial charge in [-0.2, -0.15) is 0 Å². The normalized spacial score (nSPS) is 14.3. The molecule has 1 N–H and O–H groups in total. The fourth-order valence-corrected chi connectivity index (χ4v) is 1.83. The Morgan fingerprint density at radius 2 is 2.33 bits per heavy atom. The van der Waals surface area contributed by atoms with Crippen LogP contribution in [-0.2, 0) is 17.8 Å². The maximum atomic E-state index is 10.4. The zero-order chi connectivity index (χ0) is 10.8. The van der Waals surface area contributed by atoms with E-state index in [2.05, 4.69) is 15.2 Å². The lowest BCUT2D eigenvalue weighted by atomic mass is 10.2. The van der Waals surface area contributed by atoms with Gasteiger partial charge >= 0.3 is 5.97 Å². The van der Waals surface area contributed by atoms with E-state index in [1.54, 1.807) is 0 Å². The molecule has 0 aromatic carbocycles. The molecule has 15 heavy (non-hydrogen) atoms. The molecule has 1 aliphatic heterocycles. The van der Waals surface area contributed by atoms with Gasteiger partial charge in [-0.25, -0.2) is 4.68 Å². The topological polar surface area (TPSA) is 71.2 Å². The van der Waals surface area contributed by atoms with E-state index in [9.17, 15) is 4.79 Å². The monoisotopic (exact) mass is 210 g/mol. The number of hydrogen-bond donors (Lipinski definition) is 1. The smallest absolute Gasteiger partial charge is 0.303 e. The highest BCUT2D eigenvalue weighted by molar-refractivity contribution is 5.66. The van der Waals surface area contributed by atoms with Crippen molar-refractivity contribution < 1.29 is 9.90 Å². The molecule has 0 unspecified atom stereocenters. The number of hydrogen-bond acceptors (Lipinski definition) is 4. The Labute approximate surface area is 87.5 Å². The summed E-state index contributed by atoms with van der Waals surface area (Å²) < 4.78 is 1.87. The van der Waals surface area contributed by atoms with Crippen LogP contribution < -0.4 is 4.90 Å². The Bertz CT molecular complexity index is 374. The third-order valence-electron chi connectivity index (χ3n) is 2.59. The molecule has 0 bridgehead atoms. The summed E-state index contributed by atoms with van der Waals surface area (Å²) in [4.78, 5) is 12.5. The molecule has 1 aliphatic rings. The standard InChI is InChI=1S/C9H14N4O2/c1-12-5-6-13-9(12)7(10-11-13)3-2-4-8(14)15/h2-6H2,1H3,(H,14,15). The number of carboxylic acid groups (broad SMARTS) is 1. The highest BCUT2D eigenvalue weighted by atomic mass is 16.4. The van der Waals surface area contributed by atoms with Gasteiger partial charge < -0.3 is 10.0 Å². The molecule has 0 aliphatic carbocycles. The summed E-state index contributed by atoms with van der Waals surface area (Å²) in [6.45, 7) is 1.83. The number of nitrogens with zero attached hydrogens (tertiary/aromatic N) is 4. The minimum Gasteiger partial charge on any atom is -0.481 e. The molecular formula is C9H14N4O2. The van der Waals surface area contributed by atoms with Crippen molar-refractivity contribution in [3.63, 3.8) is 0 Å². The molecule has 2 rings (SSSR count). The number of aryl methyl sites for hydroxylation is 1. The second-order valence-corrected chi connectivity index (χ2v) is 3.75. The summed E-state index contributed by atoms with van der Waals surface area (Å²) in [5, 5.41) is 16.6. The van der Waals surface area contributed by atoms with Crippen LogP contribution in [0.15, 0.2) is 0 Å². The number of aromatic nitrogens is 3. The minimum atomic E-state index is -0.757. The molecule has 6 nitrogen and oxygen atoms in total. The maximum Gasteiger partial charge on any atom is 0.303 e. The van der Waals surface area contributed by atoms with Crippen molar-refractivity contribution in [2.75, 3.05) is 18.5 Å². The molecule has 0 spiro atoms. The lowest BCUT2D eigenvalue weighted by Crippen LogP contribution is -2.14. The van der Waals surface area contributed by atoms with E-state index in [1.807, 2.05) is 11.7 Å². The van der Waals surface area contributed by atoms with Crippen molar-refractivity contribution in [2.24, 2.45) is 0 Å². The average Bonchev–Trinajstić information content (AvgIpc) is 2.71. The second kappa shape index (κ2) is 3.88. The van der Waals surface area contributed by atoms with E-state index in [0.717, 1.165) is 24.6 Å². The van der Waals surface area contributed by atoms with Gasteiger partial charge in [0.05, 0.1) is 6.54 Å². The molecule has 6 heteroatoms. The summed E-state index contributed by atoms with van der Waals surface area (Å²) in [5.74, 6) is 0.285. The summed E-state index contributed by atoms with van der Waals surface area (Å²) in [6, 6.07) is 0. The Morgan fingerprint density at radius 3 is 3.07 bits per heavy atom. The van der Waals surface area contributed by atoms with Crippen LogP contribution in [0.2, 0.25) is 0 Å². The van der Waals surface area contributed by atoms with Crippen LogP contribution in [0.4, 0.5) is 5.82 Å². The first-order valence-electron chi connectivity index (χ1n) is 5.04. The van der Waals surface area contributed by atoms with E-state index in [0.29, 0.717) is 12.8 Å². The van der Waals surface area contributed by atoms with Gasteiger partial charge in [0.15, 0.2) is 5.82 Å². The lowest BCUT2D eigenvalue weighted by molar-refractivity contribution is -0.137. The van der Waals surface area contributed by atoms with Crippen LogP contribution in [-0.4, -0.2) is 39.7 Å². The van der Waals surface area contributed by atoms with Crippen molar-refractivity contribution in [1.29, 1.82) is 0 Å². The van der Waals surface area contributed by atoms with E-state index >= 15 is 0 Å². The highest BCUT2D eigenvalue weighted by Gasteiger charge is 2.21. The highest BCUT2D eigenvalue weighted by Crippen LogP contribution is 2.23. The quantitative estimate of drug-likeness (QED) is 0.765. The van der Waals surface area contributed by atoms with Crippen LogP contribution in [0.25, 0.3) is 0 Å².